The van der Waals surface area contributed by atoms with Gasteiger partial charge in [0.05, 0.1) is 0 Å². The Bertz CT molecular complexity index is 3680. The van der Waals surface area contributed by atoms with Crippen LogP contribution in [0.1, 0.15) is 62.4 Å². The minimum Gasteiger partial charge on any atom is -0.456 e. The zero-order valence-corrected chi connectivity index (χ0v) is 36.3. The van der Waals surface area contributed by atoms with E-state index in [0.717, 1.165) is 49.1 Å². The SMILES string of the molecule is C=c1/c(=C\C=C(/C)c2ccc3c(c2)C(C)(C)c2ccc4c(c2-3)-c2ccc(-c3ccc5oc6ccc(-c7ccccc7)cc6c5c3)cc2C4(C)C)oc2ccc(-c3ccccc3)cc12. The van der Waals surface area contributed by atoms with Gasteiger partial charge in [0, 0.05) is 32.2 Å². The van der Waals surface area contributed by atoms with Crippen LogP contribution in [0.15, 0.2) is 179 Å². The molecule has 0 atom stereocenters. The number of hydrogen-bond donors (Lipinski definition) is 0. The highest BCUT2D eigenvalue weighted by molar-refractivity contribution is 6.08. The number of benzene rings is 8. The summed E-state index contributed by atoms with van der Waals surface area (Å²) in [5.74, 6) is 0. The molecule has 2 aliphatic rings. The fourth-order valence-corrected chi connectivity index (χ4v) is 10.7. The van der Waals surface area contributed by atoms with Crippen molar-refractivity contribution in [1.29, 1.82) is 0 Å². The number of hydrogen-bond acceptors (Lipinski definition) is 2. The molecular formula is C61H46O2. The average Bonchev–Trinajstić information content (AvgIpc) is 3.99. The minimum absolute atomic E-state index is 0.161. The van der Waals surface area contributed by atoms with Gasteiger partial charge in [-0.2, -0.15) is 0 Å². The van der Waals surface area contributed by atoms with Crippen LogP contribution in [0.2, 0.25) is 0 Å². The van der Waals surface area contributed by atoms with Crippen LogP contribution in [-0.4, -0.2) is 0 Å². The quantitative estimate of drug-likeness (QED) is 0.173. The lowest BCUT2D eigenvalue weighted by atomic mass is 9.79. The van der Waals surface area contributed by atoms with Gasteiger partial charge in [0.25, 0.3) is 0 Å². The second kappa shape index (κ2) is 13.5. The third-order valence-electron chi connectivity index (χ3n) is 14.3. The fraction of sp³-hybridized carbons (Fsp3) is 0.115. The summed E-state index contributed by atoms with van der Waals surface area (Å²) in [6, 6.07) is 59.6. The highest BCUT2D eigenvalue weighted by atomic mass is 16.3. The van der Waals surface area contributed by atoms with Gasteiger partial charge < -0.3 is 8.83 Å². The van der Waals surface area contributed by atoms with E-state index < -0.39 is 0 Å². The Morgan fingerprint density at radius 2 is 0.905 bits per heavy atom. The van der Waals surface area contributed by atoms with Gasteiger partial charge in [-0.15, -0.1) is 0 Å². The molecule has 0 fully saturated rings. The summed E-state index contributed by atoms with van der Waals surface area (Å²) in [4.78, 5) is 0. The van der Waals surface area contributed by atoms with Gasteiger partial charge >= 0.3 is 0 Å². The third-order valence-corrected chi connectivity index (χ3v) is 14.3. The zero-order chi connectivity index (χ0) is 42.8. The Morgan fingerprint density at radius 3 is 1.48 bits per heavy atom. The Hall–Kier alpha value is -7.42. The summed E-state index contributed by atoms with van der Waals surface area (Å²) in [6.07, 6.45) is 4.24. The molecule has 2 nitrogen and oxygen atoms in total. The standard InChI is InChI=1S/C61H46O2/c1-36(17-27-54-37(2)47-31-41(20-28-55(47)62-54)38-13-9-7-10-14-38)40-18-23-45-52(34-40)60(3,4)50-25-26-51-59(58(45)50)46-24-19-44(35-53(46)61(51,5)6)43-22-30-57-49(33-43)48-32-42(21-29-56(48)63-57)39-15-11-8-12-16-39/h7-35H,2H2,1,3-6H3/b36-17+,54-27+. The molecule has 0 saturated carbocycles. The number of allylic oxidation sites excluding steroid dienone is 2. The smallest absolute Gasteiger partial charge is 0.135 e. The Morgan fingerprint density at radius 1 is 0.444 bits per heavy atom. The summed E-state index contributed by atoms with van der Waals surface area (Å²) < 4.78 is 12.7. The predicted molar refractivity (Wildman–Crippen MR) is 264 cm³/mol. The van der Waals surface area contributed by atoms with Crippen molar-refractivity contribution in [3.05, 3.63) is 208 Å². The largest absolute Gasteiger partial charge is 0.456 e. The van der Waals surface area contributed by atoms with E-state index >= 15 is 0 Å². The highest BCUT2D eigenvalue weighted by Gasteiger charge is 2.43. The average molecular weight is 811 g/mol. The topological polar surface area (TPSA) is 26.3 Å². The summed E-state index contributed by atoms with van der Waals surface area (Å²) in [7, 11) is 0. The van der Waals surface area contributed by atoms with Crippen LogP contribution in [0.5, 0.6) is 0 Å². The molecule has 302 valence electrons. The third kappa shape index (κ3) is 5.64. The van der Waals surface area contributed by atoms with Crippen LogP contribution in [-0.2, 0) is 10.8 Å². The molecule has 12 rings (SSSR count). The van der Waals surface area contributed by atoms with Gasteiger partial charge in [-0.05, 0) is 151 Å². The molecule has 2 heteroatoms. The number of fused-ring (bicyclic) bond motifs is 11. The molecule has 10 aromatic rings. The van der Waals surface area contributed by atoms with Crippen molar-refractivity contribution < 1.29 is 8.83 Å². The lowest BCUT2D eigenvalue weighted by Gasteiger charge is -2.24. The summed E-state index contributed by atoms with van der Waals surface area (Å²) in [5, 5.41) is 4.23. The van der Waals surface area contributed by atoms with Crippen LogP contribution in [0, 0.1) is 0 Å². The van der Waals surface area contributed by atoms with E-state index in [1.807, 2.05) is 6.07 Å². The van der Waals surface area contributed by atoms with Crippen molar-refractivity contribution in [3.8, 4) is 55.6 Å². The molecule has 0 unspecified atom stereocenters. The number of furan rings is 2. The van der Waals surface area contributed by atoms with E-state index in [-0.39, 0.29) is 10.8 Å². The zero-order valence-electron chi connectivity index (χ0n) is 36.3. The van der Waals surface area contributed by atoms with E-state index in [4.69, 9.17) is 8.83 Å². The van der Waals surface area contributed by atoms with Gasteiger partial charge in [-0.1, -0.05) is 156 Å². The molecule has 0 saturated heterocycles. The molecule has 2 heterocycles. The second-order valence-electron chi connectivity index (χ2n) is 18.6. The van der Waals surface area contributed by atoms with Crippen molar-refractivity contribution >= 4 is 51.1 Å². The maximum absolute atomic E-state index is 6.34. The molecule has 0 bridgehead atoms. The van der Waals surface area contributed by atoms with Gasteiger partial charge in [-0.3, -0.25) is 0 Å². The van der Waals surface area contributed by atoms with Crippen molar-refractivity contribution in [3.63, 3.8) is 0 Å². The van der Waals surface area contributed by atoms with Gasteiger partial charge in [-0.25, -0.2) is 0 Å². The minimum atomic E-state index is -0.165. The molecule has 2 aliphatic carbocycles. The molecule has 8 aromatic carbocycles. The van der Waals surface area contributed by atoms with Crippen LogP contribution >= 0.6 is 0 Å². The molecule has 63 heavy (non-hydrogen) atoms. The fourth-order valence-electron chi connectivity index (χ4n) is 10.7. The van der Waals surface area contributed by atoms with Crippen LogP contribution in [0.25, 0.3) is 107 Å². The molecule has 0 N–H and O–H groups in total. The van der Waals surface area contributed by atoms with Gasteiger partial charge in [0.2, 0.25) is 0 Å². The first-order valence-corrected chi connectivity index (χ1v) is 22.0. The second-order valence-corrected chi connectivity index (χ2v) is 18.6. The summed E-state index contributed by atoms with van der Waals surface area (Å²) >= 11 is 0. The molecule has 0 radical (unpaired) electrons. The van der Waals surface area contributed by atoms with Crippen LogP contribution in [0.3, 0.4) is 0 Å². The van der Waals surface area contributed by atoms with Gasteiger partial charge in [0.1, 0.15) is 22.2 Å². The lowest BCUT2D eigenvalue weighted by molar-refractivity contribution is 0.576. The van der Waals surface area contributed by atoms with E-state index in [1.54, 1.807) is 0 Å². The molecule has 2 aromatic heterocycles. The van der Waals surface area contributed by atoms with E-state index in [2.05, 4.69) is 211 Å². The molecule has 0 amide bonds. The number of rotatable bonds is 5. The molecule has 0 aliphatic heterocycles. The van der Waals surface area contributed by atoms with E-state index in [1.165, 1.54) is 83.5 Å². The summed E-state index contributed by atoms with van der Waals surface area (Å²) in [5.41, 5.74) is 23.6. The van der Waals surface area contributed by atoms with E-state index in [0.29, 0.717) is 0 Å². The van der Waals surface area contributed by atoms with Crippen molar-refractivity contribution in [2.75, 3.05) is 0 Å². The van der Waals surface area contributed by atoms with Crippen molar-refractivity contribution in [2.45, 2.75) is 45.4 Å². The first kappa shape index (κ1) is 37.4. The normalized spacial score (nSPS) is 14.9. The van der Waals surface area contributed by atoms with Crippen molar-refractivity contribution in [2.24, 2.45) is 0 Å². The predicted octanol–water partition coefficient (Wildman–Crippen LogP) is 15.2. The Balaban J connectivity index is 0.905. The van der Waals surface area contributed by atoms with Crippen LogP contribution in [0.4, 0.5) is 0 Å². The van der Waals surface area contributed by atoms with Crippen LogP contribution < -0.4 is 10.6 Å². The first-order chi connectivity index (χ1) is 30.5. The lowest BCUT2D eigenvalue weighted by Crippen LogP contribution is -2.17. The molecular weight excluding hydrogens is 765 g/mol. The Labute approximate surface area is 367 Å². The maximum atomic E-state index is 6.34. The van der Waals surface area contributed by atoms with Crippen molar-refractivity contribution in [1.82, 2.24) is 0 Å². The first-order valence-electron chi connectivity index (χ1n) is 22.0. The summed E-state index contributed by atoms with van der Waals surface area (Å²) in [6.45, 7) is 16.2. The maximum Gasteiger partial charge on any atom is 0.135 e. The monoisotopic (exact) mass is 810 g/mol. The van der Waals surface area contributed by atoms with Gasteiger partial charge in [0.15, 0.2) is 0 Å². The van der Waals surface area contributed by atoms with E-state index in [9.17, 15) is 0 Å². The highest BCUT2D eigenvalue weighted by Crippen LogP contribution is 2.59. The molecule has 0 spiro atoms. The Kier molecular flexibility index (Phi) is 8.03.